The summed E-state index contributed by atoms with van der Waals surface area (Å²) in [5.41, 5.74) is 4.07. The van der Waals surface area contributed by atoms with Gasteiger partial charge in [0, 0.05) is 24.3 Å². The van der Waals surface area contributed by atoms with Crippen molar-refractivity contribution in [2.24, 2.45) is 0 Å². The van der Waals surface area contributed by atoms with Crippen molar-refractivity contribution in [2.45, 2.75) is 20.8 Å². The van der Waals surface area contributed by atoms with Gasteiger partial charge in [-0.15, -0.1) is 0 Å². The standard InChI is InChI=1S/C14H19NO/c1-5-15(9-11(2)3)14-7-6-13(10-16)12(4)8-14/h6-8,10H,2,5,9H2,1,3-4H3. The van der Waals surface area contributed by atoms with Crippen LogP contribution in [0.3, 0.4) is 0 Å². The Morgan fingerprint density at radius 1 is 1.50 bits per heavy atom. The average Bonchev–Trinajstić information content (AvgIpc) is 2.25. The molecular formula is C14H19NO. The molecule has 0 heterocycles. The lowest BCUT2D eigenvalue weighted by atomic mass is 10.1. The van der Waals surface area contributed by atoms with E-state index in [1.54, 1.807) is 0 Å². The normalized spacial score (nSPS) is 9.94. The summed E-state index contributed by atoms with van der Waals surface area (Å²) >= 11 is 0. The van der Waals surface area contributed by atoms with Gasteiger partial charge >= 0.3 is 0 Å². The molecule has 0 amide bonds. The quantitative estimate of drug-likeness (QED) is 0.557. The molecule has 1 aromatic carbocycles. The van der Waals surface area contributed by atoms with Crippen molar-refractivity contribution in [3.8, 4) is 0 Å². The van der Waals surface area contributed by atoms with E-state index < -0.39 is 0 Å². The van der Waals surface area contributed by atoms with Crippen molar-refractivity contribution >= 4 is 12.0 Å². The van der Waals surface area contributed by atoms with E-state index in [1.165, 1.54) is 0 Å². The third-order valence-electron chi connectivity index (χ3n) is 2.59. The first-order valence-corrected chi connectivity index (χ1v) is 5.53. The zero-order chi connectivity index (χ0) is 12.1. The fourth-order valence-electron chi connectivity index (χ4n) is 1.70. The highest BCUT2D eigenvalue weighted by Crippen LogP contribution is 2.19. The smallest absolute Gasteiger partial charge is 0.150 e. The van der Waals surface area contributed by atoms with E-state index in [9.17, 15) is 4.79 Å². The molecular weight excluding hydrogens is 198 g/mol. The SMILES string of the molecule is C=C(C)CN(CC)c1ccc(C=O)c(C)c1. The topological polar surface area (TPSA) is 20.3 Å². The maximum Gasteiger partial charge on any atom is 0.150 e. The molecule has 0 aliphatic carbocycles. The second-order valence-corrected chi connectivity index (χ2v) is 4.13. The highest BCUT2D eigenvalue weighted by Gasteiger charge is 2.06. The van der Waals surface area contributed by atoms with Crippen molar-refractivity contribution in [1.82, 2.24) is 0 Å². The van der Waals surface area contributed by atoms with Gasteiger partial charge in [0.1, 0.15) is 6.29 Å². The van der Waals surface area contributed by atoms with Crippen LogP contribution in [0.4, 0.5) is 5.69 Å². The van der Waals surface area contributed by atoms with Crippen LogP contribution in [0.25, 0.3) is 0 Å². The molecule has 0 spiro atoms. The molecule has 86 valence electrons. The van der Waals surface area contributed by atoms with Crippen LogP contribution >= 0.6 is 0 Å². The van der Waals surface area contributed by atoms with Gasteiger partial charge in [-0.05, 0) is 44.5 Å². The second-order valence-electron chi connectivity index (χ2n) is 4.13. The number of carbonyl (C=O) groups excluding carboxylic acids is 1. The minimum atomic E-state index is 0.759. The zero-order valence-electron chi connectivity index (χ0n) is 10.3. The molecule has 0 aromatic heterocycles. The molecule has 0 atom stereocenters. The molecule has 16 heavy (non-hydrogen) atoms. The zero-order valence-corrected chi connectivity index (χ0v) is 10.3. The van der Waals surface area contributed by atoms with Gasteiger partial charge in [-0.2, -0.15) is 0 Å². The number of hydrogen-bond acceptors (Lipinski definition) is 2. The van der Waals surface area contributed by atoms with Crippen molar-refractivity contribution < 1.29 is 4.79 Å². The second kappa shape index (κ2) is 5.50. The first kappa shape index (κ1) is 12.5. The number of nitrogens with zero attached hydrogens (tertiary/aromatic N) is 1. The van der Waals surface area contributed by atoms with E-state index in [2.05, 4.69) is 24.5 Å². The van der Waals surface area contributed by atoms with Gasteiger partial charge in [-0.25, -0.2) is 0 Å². The molecule has 0 aliphatic rings. The number of aryl methyl sites for hydroxylation is 1. The van der Waals surface area contributed by atoms with Crippen LogP contribution in [0, 0.1) is 6.92 Å². The lowest BCUT2D eigenvalue weighted by Crippen LogP contribution is -2.24. The summed E-state index contributed by atoms with van der Waals surface area (Å²) in [6.45, 7) is 11.8. The maximum atomic E-state index is 10.7. The van der Waals surface area contributed by atoms with Crippen LogP contribution in [0.1, 0.15) is 29.8 Å². The minimum Gasteiger partial charge on any atom is -0.368 e. The van der Waals surface area contributed by atoms with Crippen LogP contribution < -0.4 is 4.90 Å². The number of likely N-dealkylation sites (N-methyl/N-ethyl adjacent to an activating group) is 1. The van der Waals surface area contributed by atoms with Gasteiger partial charge in [0.15, 0.2) is 0 Å². The Morgan fingerprint density at radius 3 is 2.62 bits per heavy atom. The monoisotopic (exact) mass is 217 g/mol. The molecule has 0 unspecified atom stereocenters. The predicted octanol–water partition coefficient (Wildman–Crippen LogP) is 3.21. The Balaban J connectivity index is 2.97. The molecule has 2 nitrogen and oxygen atoms in total. The summed E-state index contributed by atoms with van der Waals surface area (Å²) in [5, 5.41) is 0. The van der Waals surface area contributed by atoms with Crippen LogP contribution in [0.2, 0.25) is 0 Å². The van der Waals surface area contributed by atoms with Gasteiger partial charge in [0.05, 0.1) is 0 Å². The average molecular weight is 217 g/mol. The molecule has 2 heteroatoms. The van der Waals surface area contributed by atoms with E-state index in [-0.39, 0.29) is 0 Å². The molecule has 1 rings (SSSR count). The Morgan fingerprint density at radius 2 is 2.19 bits per heavy atom. The third-order valence-corrected chi connectivity index (χ3v) is 2.59. The number of hydrogen-bond donors (Lipinski definition) is 0. The van der Waals surface area contributed by atoms with Crippen molar-refractivity contribution in [1.29, 1.82) is 0 Å². The summed E-state index contributed by atoms with van der Waals surface area (Å²) in [7, 11) is 0. The van der Waals surface area contributed by atoms with Crippen molar-refractivity contribution in [3.05, 3.63) is 41.5 Å². The fraction of sp³-hybridized carbons (Fsp3) is 0.357. The molecule has 0 radical (unpaired) electrons. The Bertz CT molecular complexity index is 396. The molecule has 0 N–H and O–H groups in total. The Kier molecular flexibility index (Phi) is 4.29. The van der Waals surface area contributed by atoms with Gasteiger partial charge < -0.3 is 4.90 Å². The number of aldehydes is 1. The molecule has 0 fully saturated rings. The Labute approximate surface area is 97.6 Å². The van der Waals surface area contributed by atoms with Crippen molar-refractivity contribution in [3.63, 3.8) is 0 Å². The number of rotatable bonds is 5. The van der Waals surface area contributed by atoms with E-state index >= 15 is 0 Å². The summed E-state index contributed by atoms with van der Waals surface area (Å²) in [4.78, 5) is 13.0. The minimum absolute atomic E-state index is 0.759. The van der Waals surface area contributed by atoms with Gasteiger partial charge in [0.2, 0.25) is 0 Å². The van der Waals surface area contributed by atoms with E-state index in [0.717, 1.165) is 41.8 Å². The van der Waals surface area contributed by atoms with Gasteiger partial charge in [-0.1, -0.05) is 12.2 Å². The summed E-state index contributed by atoms with van der Waals surface area (Å²) in [6.07, 6.45) is 0.897. The van der Waals surface area contributed by atoms with Crippen LogP contribution in [0.5, 0.6) is 0 Å². The van der Waals surface area contributed by atoms with Crippen LogP contribution in [0.15, 0.2) is 30.4 Å². The largest absolute Gasteiger partial charge is 0.368 e. The highest BCUT2D eigenvalue weighted by molar-refractivity contribution is 5.78. The molecule has 0 bridgehead atoms. The third kappa shape index (κ3) is 2.96. The summed E-state index contributed by atoms with van der Waals surface area (Å²) in [6, 6.07) is 5.91. The van der Waals surface area contributed by atoms with E-state index in [1.807, 2.05) is 26.0 Å². The van der Waals surface area contributed by atoms with E-state index in [4.69, 9.17) is 0 Å². The molecule has 0 saturated heterocycles. The van der Waals surface area contributed by atoms with Crippen LogP contribution in [-0.4, -0.2) is 19.4 Å². The van der Waals surface area contributed by atoms with Gasteiger partial charge in [-0.3, -0.25) is 4.79 Å². The Hall–Kier alpha value is -1.57. The molecule has 0 saturated carbocycles. The van der Waals surface area contributed by atoms with Crippen molar-refractivity contribution in [2.75, 3.05) is 18.0 Å². The van der Waals surface area contributed by atoms with Gasteiger partial charge in [0.25, 0.3) is 0 Å². The number of carbonyl (C=O) groups is 1. The maximum absolute atomic E-state index is 10.7. The molecule has 1 aromatic rings. The lowest BCUT2D eigenvalue weighted by molar-refractivity contribution is 0.112. The first-order valence-electron chi connectivity index (χ1n) is 5.53. The number of anilines is 1. The first-order chi connectivity index (χ1) is 7.58. The summed E-state index contributed by atoms with van der Waals surface area (Å²) in [5.74, 6) is 0. The predicted molar refractivity (Wildman–Crippen MR) is 69.3 cm³/mol. The van der Waals surface area contributed by atoms with Crippen LogP contribution in [-0.2, 0) is 0 Å². The highest BCUT2D eigenvalue weighted by atomic mass is 16.1. The lowest BCUT2D eigenvalue weighted by Gasteiger charge is -2.23. The van der Waals surface area contributed by atoms with E-state index in [0.29, 0.717) is 0 Å². The fourth-order valence-corrected chi connectivity index (χ4v) is 1.70. The number of benzene rings is 1. The summed E-state index contributed by atoms with van der Waals surface area (Å²) < 4.78 is 0. The molecule has 0 aliphatic heterocycles.